The van der Waals surface area contributed by atoms with Gasteiger partial charge in [0.15, 0.2) is 0 Å². The molecule has 5 rings (SSSR count). The zero-order valence-corrected chi connectivity index (χ0v) is 48.8. The number of carbonyl (C=O) groups is 2. The van der Waals surface area contributed by atoms with Crippen LogP contribution in [0.3, 0.4) is 0 Å². The van der Waals surface area contributed by atoms with E-state index < -0.39 is 0 Å². The van der Waals surface area contributed by atoms with Crippen molar-refractivity contribution in [2.24, 2.45) is 0 Å². The lowest BCUT2D eigenvalue weighted by atomic mass is 9.79. The fourth-order valence-corrected chi connectivity index (χ4v) is 9.83. The minimum absolute atomic E-state index is 0.0559. The van der Waals surface area contributed by atoms with Gasteiger partial charge in [0, 0.05) is 38.8 Å². The summed E-state index contributed by atoms with van der Waals surface area (Å²) in [7, 11) is 0. The van der Waals surface area contributed by atoms with Gasteiger partial charge in [0.05, 0.1) is 26.1 Å². The number of phenolic OH excluding ortho intramolecular Hbond substituents is 2. The summed E-state index contributed by atoms with van der Waals surface area (Å²) in [6.45, 7) is 42.4. The van der Waals surface area contributed by atoms with Gasteiger partial charge in [-0.1, -0.05) is 159 Å². The van der Waals surface area contributed by atoms with Crippen LogP contribution in [0.4, 0.5) is 0 Å². The third-order valence-electron chi connectivity index (χ3n) is 14.9. The Bertz CT molecular complexity index is 2260. The van der Waals surface area contributed by atoms with Crippen molar-refractivity contribution in [2.75, 3.05) is 65.6 Å². The van der Waals surface area contributed by atoms with Crippen LogP contribution in [0.2, 0.25) is 0 Å². The van der Waals surface area contributed by atoms with Gasteiger partial charge in [-0.25, -0.2) is 0 Å². The number of aromatic hydroxyl groups is 2. The molecule has 2 amide bonds. The normalized spacial score (nSPS) is 13.3. The maximum absolute atomic E-state index is 13.3. The van der Waals surface area contributed by atoms with E-state index in [4.69, 9.17) is 9.47 Å². The van der Waals surface area contributed by atoms with Gasteiger partial charge in [-0.2, -0.15) is 0 Å². The van der Waals surface area contributed by atoms with E-state index in [1.165, 1.54) is 0 Å². The summed E-state index contributed by atoms with van der Waals surface area (Å²) >= 11 is 0. The predicted octanol–water partition coefficient (Wildman–Crippen LogP) is 12.2. The van der Waals surface area contributed by atoms with E-state index >= 15 is 0 Å². The average Bonchev–Trinajstić information content (AvgIpc) is 3.31. The molecule has 0 aliphatic heterocycles. The number of benzene rings is 4. The Hall–Kier alpha value is -5.06. The molecule has 0 heterocycles. The van der Waals surface area contributed by atoms with Gasteiger partial charge in [-0.3, -0.25) is 9.59 Å². The van der Waals surface area contributed by atoms with Crippen molar-refractivity contribution in [3.8, 4) is 23.0 Å². The molecule has 0 saturated heterocycles. The Morgan fingerprint density at radius 1 is 0.446 bits per heavy atom. The summed E-state index contributed by atoms with van der Waals surface area (Å²) in [6, 6.07) is 17.4. The van der Waals surface area contributed by atoms with Crippen LogP contribution >= 0.6 is 0 Å². The van der Waals surface area contributed by atoms with Crippen molar-refractivity contribution in [3.05, 3.63) is 115 Å². The second-order valence-electron chi connectivity index (χ2n) is 24.9. The van der Waals surface area contributed by atoms with Gasteiger partial charge in [-0.05, 0) is 141 Å². The van der Waals surface area contributed by atoms with Gasteiger partial charge in [-0.15, -0.1) is 0 Å². The molecule has 4 N–H and O–H groups in total. The molecule has 1 aliphatic rings. The Morgan fingerprint density at radius 2 is 0.689 bits per heavy atom. The van der Waals surface area contributed by atoms with E-state index in [1.54, 1.807) is 0 Å². The van der Waals surface area contributed by atoms with Gasteiger partial charge in [0.1, 0.15) is 23.0 Å². The lowest BCUT2D eigenvalue weighted by Crippen LogP contribution is -2.30. The molecule has 4 aromatic rings. The molecular weight excluding hydrogens is 921 g/mol. The lowest BCUT2D eigenvalue weighted by Gasteiger charge is -2.28. The summed E-state index contributed by atoms with van der Waals surface area (Å²) in [5.41, 5.74) is 10.2. The molecule has 0 spiro atoms. The van der Waals surface area contributed by atoms with E-state index in [2.05, 4.69) is 180 Å². The standard InChI is InChI=1S/C64H96N4O6/c1-17-67(18-2)27-21-25-65-55(69)23-29-73-59-47-31-43-35-51(61(5,6)7)37-45(57(43)71)33-49-41-54(64(14,15)16)42-50(60(49)74-30-24-56(70)66-26-22-28-68(19-3)20-4)34-46-38-52(62(8,9)10)36-44(58(46)72)32-48(59)40-53(39-47)63(11,12)13/h35-42,71-72H,17-34H2,1-16H3,(H,65,69)(H,66,70). The number of nitrogens with zero attached hydrogens (tertiary/aromatic N) is 2. The SMILES string of the molecule is CCN(CC)CCCNC(=O)CCOc1c2cc(C(C)(C)C)cc1Cc1cc(C(C)(C)C)cc(c1O)Cc1cc(C(C)(C)C)cc(c1OCCC(=O)NCCCN(CC)CC)Cc1cc(C(C)(C)C)cc(c1O)C2. The first kappa shape index (κ1) is 59.8. The Kier molecular flexibility index (Phi) is 20.7. The highest BCUT2D eigenvalue weighted by atomic mass is 16.5. The second-order valence-corrected chi connectivity index (χ2v) is 24.9. The topological polar surface area (TPSA) is 124 Å². The molecular formula is C64H96N4O6. The van der Waals surface area contributed by atoms with Crippen LogP contribution in [-0.2, 0) is 56.9 Å². The Balaban J connectivity index is 1.71. The first-order valence-electron chi connectivity index (χ1n) is 27.9. The van der Waals surface area contributed by atoms with Crippen LogP contribution in [-0.4, -0.2) is 97.4 Å². The second kappa shape index (κ2) is 25.7. The number of hydrogen-bond acceptors (Lipinski definition) is 8. The van der Waals surface area contributed by atoms with E-state index in [0.29, 0.717) is 50.3 Å². The molecule has 0 aromatic heterocycles. The summed E-state index contributed by atoms with van der Waals surface area (Å²) < 4.78 is 13.7. The molecule has 74 heavy (non-hydrogen) atoms. The van der Waals surface area contributed by atoms with Gasteiger partial charge in [0.2, 0.25) is 11.8 Å². The summed E-state index contributed by atoms with van der Waals surface area (Å²) in [4.78, 5) is 31.4. The van der Waals surface area contributed by atoms with Crippen LogP contribution in [0.1, 0.15) is 203 Å². The van der Waals surface area contributed by atoms with Crippen LogP contribution in [0.25, 0.3) is 0 Å². The first-order valence-corrected chi connectivity index (χ1v) is 27.9. The molecule has 1 aliphatic carbocycles. The largest absolute Gasteiger partial charge is 0.507 e. The summed E-state index contributed by atoms with van der Waals surface area (Å²) in [6.07, 6.45) is 3.60. The minimum Gasteiger partial charge on any atom is -0.507 e. The monoisotopic (exact) mass is 1020 g/mol. The van der Waals surface area contributed by atoms with Crippen molar-refractivity contribution in [1.29, 1.82) is 0 Å². The van der Waals surface area contributed by atoms with Gasteiger partial charge >= 0.3 is 0 Å². The highest BCUT2D eigenvalue weighted by Crippen LogP contribution is 2.44. The van der Waals surface area contributed by atoms with Crippen LogP contribution in [0, 0.1) is 0 Å². The van der Waals surface area contributed by atoms with Crippen molar-refractivity contribution in [3.63, 3.8) is 0 Å². The fraction of sp³-hybridized carbons (Fsp3) is 0.594. The van der Waals surface area contributed by atoms with Crippen LogP contribution in [0.15, 0.2) is 48.5 Å². The number of amides is 2. The third kappa shape index (κ3) is 16.5. The summed E-state index contributed by atoms with van der Waals surface area (Å²) in [5.74, 6) is 1.68. The molecule has 0 atom stereocenters. The van der Waals surface area contributed by atoms with Gasteiger partial charge < -0.3 is 40.1 Å². The molecule has 4 aromatic carbocycles. The number of carbonyl (C=O) groups excluding carboxylic acids is 2. The molecule has 408 valence electrons. The molecule has 10 heteroatoms. The number of nitrogens with one attached hydrogen (secondary N) is 2. The average molecular weight is 1020 g/mol. The first-order chi connectivity index (χ1) is 34.7. The van der Waals surface area contributed by atoms with Crippen molar-refractivity contribution >= 4 is 11.8 Å². The molecule has 10 nitrogen and oxygen atoms in total. The molecule has 0 radical (unpaired) electrons. The zero-order valence-electron chi connectivity index (χ0n) is 48.8. The quantitative estimate of drug-likeness (QED) is 0.0569. The maximum Gasteiger partial charge on any atom is 0.223 e. The third-order valence-corrected chi connectivity index (χ3v) is 14.9. The van der Waals surface area contributed by atoms with E-state index in [9.17, 15) is 19.8 Å². The minimum atomic E-state index is -0.254. The van der Waals surface area contributed by atoms with Crippen LogP contribution in [0.5, 0.6) is 23.0 Å². The van der Waals surface area contributed by atoms with Crippen LogP contribution < -0.4 is 20.1 Å². The smallest absolute Gasteiger partial charge is 0.223 e. The number of rotatable bonds is 20. The Labute approximate surface area is 447 Å². The Morgan fingerprint density at radius 3 is 0.919 bits per heavy atom. The van der Waals surface area contributed by atoms with Crippen molar-refractivity contribution < 1.29 is 29.3 Å². The maximum atomic E-state index is 13.3. The van der Waals surface area contributed by atoms with E-state index in [0.717, 1.165) is 119 Å². The zero-order chi connectivity index (χ0) is 54.8. The number of ether oxygens (including phenoxy) is 2. The van der Waals surface area contributed by atoms with Crippen molar-refractivity contribution in [1.82, 2.24) is 20.4 Å². The van der Waals surface area contributed by atoms with Gasteiger partial charge in [0.25, 0.3) is 0 Å². The molecule has 0 fully saturated rings. The summed E-state index contributed by atoms with van der Waals surface area (Å²) in [5, 5.41) is 31.6. The molecule has 8 bridgehead atoms. The number of fused-ring (bicyclic) bond motifs is 8. The van der Waals surface area contributed by atoms with E-state index in [-0.39, 0.29) is 71.0 Å². The lowest BCUT2D eigenvalue weighted by molar-refractivity contribution is -0.122. The number of hydrogen-bond donors (Lipinski definition) is 4. The highest BCUT2D eigenvalue weighted by Gasteiger charge is 2.29. The number of phenols is 2. The predicted molar refractivity (Wildman–Crippen MR) is 306 cm³/mol. The molecule has 0 unspecified atom stereocenters. The van der Waals surface area contributed by atoms with E-state index in [1.807, 2.05) is 0 Å². The molecule has 0 saturated carbocycles. The fourth-order valence-electron chi connectivity index (χ4n) is 9.83. The van der Waals surface area contributed by atoms with Crippen molar-refractivity contribution in [2.45, 2.75) is 184 Å². The highest BCUT2D eigenvalue weighted by molar-refractivity contribution is 5.76.